The lowest BCUT2D eigenvalue weighted by Gasteiger charge is -2.26. The highest BCUT2D eigenvalue weighted by Gasteiger charge is 2.22. The molecular formula is C19H20N2O4. The molecule has 2 aromatic rings. The molecule has 0 spiro atoms. The average molecular weight is 340 g/mol. The lowest BCUT2D eigenvalue weighted by Crippen LogP contribution is -2.35. The van der Waals surface area contributed by atoms with Crippen molar-refractivity contribution in [3.63, 3.8) is 0 Å². The minimum Gasteiger partial charge on any atom is -0.494 e. The molecule has 0 radical (unpaired) electrons. The highest BCUT2D eigenvalue weighted by molar-refractivity contribution is 5.98. The van der Waals surface area contributed by atoms with E-state index in [1.165, 1.54) is 0 Å². The highest BCUT2D eigenvalue weighted by Crippen LogP contribution is 2.33. The molecule has 1 N–H and O–H groups in total. The zero-order valence-electron chi connectivity index (χ0n) is 14.2. The van der Waals surface area contributed by atoms with Gasteiger partial charge >= 0.3 is 0 Å². The van der Waals surface area contributed by atoms with Gasteiger partial charge in [-0.2, -0.15) is 0 Å². The topological polar surface area (TPSA) is 67.9 Å². The van der Waals surface area contributed by atoms with Gasteiger partial charge in [-0.15, -0.1) is 0 Å². The minimum atomic E-state index is -0.121. The molecule has 0 atom stereocenters. The fourth-order valence-electron chi connectivity index (χ4n) is 2.62. The number of anilines is 2. The molecule has 0 aromatic heterocycles. The van der Waals surface area contributed by atoms with Crippen molar-refractivity contribution in [2.24, 2.45) is 0 Å². The monoisotopic (exact) mass is 340 g/mol. The lowest BCUT2D eigenvalue weighted by molar-refractivity contribution is -0.121. The summed E-state index contributed by atoms with van der Waals surface area (Å²) in [6.45, 7) is 2.55. The first kappa shape index (κ1) is 16.8. The van der Waals surface area contributed by atoms with Gasteiger partial charge in [-0.3, -0.25) is 9.59 Å². The summed E-state index contributed by atoms with van der Waals surface area (Å²) in [4.78, 5) is 25.4. The van der Waals surface area contributed by atoms with Crippen LogP contribution in [-0.4, -0.2) is 32.1 Å². The molecule has 0 unspecified atom stereocenters. The Bertz CT molecular complexity index is 787. The number of amides is 2. The van der Waals surface area contributed by atoms with E-state index in [4.69, 9.17) is 9.47 Å². The largest absolute Gasteiger partial charge is 0.494 e. The summed E-state index contributed by atoms with van der Waals surface area (Å²) in [6, 6.07) is 12.7. The van der Waals surface area contributed by atoms with Crippen LogP contribution in [0.4, 0.5) is 11.4 Å². The Kier molecular flexibility index (Phi) is 4.88. The summed E-state index contributed by atoms with van der Waals surface area (Å²) in [5.74, 6) is 1.15. The van der Waals surface area contributed by atoms with Crippen molar-refractivity contribution >= 4 is 23.2 Å². The number of carbonyl (C=O) groups is 2. The van der Waals surface area contributed by atoms with Crippen molar-refractivity contribution in [2.45, 2.75) is 13.3 Å². The molecule has 0 saturated carbocycles. The van der Waals surface area contributed by atoms with Crippen LogP contribution in [0.3, 0.4) is 0 Å². The van der Waals surface area contributed by atoms with Gasteiger partial charge in [0.05, 0.1) is 18.7 Å². The number of ether oxygens (including phenoxy) is 2. The zero-order chi connectivity index (χ0) is 17.8. The zero-order valence-corrected chi connectivity index (χ0v) is 14.2. The van der Waals surface area contributed by atoms with E-state index in [9.17, 15) is 9.59 Å². The Labute approximate surface area is 146 Å². The molecule has 2 aromatic carbocycles. The van der Waals surface area contributed by atoms with Gasteiger partial charge in [0.15, 0.2) is 6.61 Å². The number of hydrogen-bond donors (Lipinski definition) is 1. The van der Waals surface area contributed by atoms with Gasteiger partial charge < -0.3 is 19.7 Å². The van der Waals surface area contributed by atoms with Crippen LogP contribution >= 0.6 is 0 Å². The molecule has 0 saturated heterocycles. The second kappa shape index (κ2) is 7.25. The fraction of sp³-hybridized carbons (Fsp3) is 0.263. The van der Waals surface area contributed by atoms with Gasteiger partial charge in [-0.05, 0) is 36.8 Å². The van der Waals surface area contributed by atoms with Crippen LogP contribution in [0, 0.1) is 0 Å². The average Bonchev–Trinajstić information content (AvgIpc) is 2.60. The van der Waals surface area contributed by atoms with Gasteiger partial charge in [0.2, 0.25) is 5.91 Å². The normalized spacial score (nSPS) is 13.0. The van der Waals surface area contributed by atoms with Crippen molar-refractivity contribution in [2.75, 3.05) is 30.5 Å². The quantitative estimate of drug-likeness (QED) is 0.908. The number of nitrogens with one attached hydrogen (secondary N) is 1. The Morgan fingerprint density at radius 2 is 2.00 bits per heavy atom. The van der Waals surface area contributed by atoms with Gasteiger partial charge in [0, 0.05) is 18.8 Å². The third-order valence-corrected chi connectivity index (χ3v) is 3.93. The first-order valence-electron chi connectivity index (χ1n) is 8.12. The van der Waals surface area contributed by atoms with E-state index in [0.29, 0.717) is 23.7 Å². The molecule has 2 amide bonds. The number of nitrogens with zero attached hydrogens (tertiary/aromatic N) is 1. The van der Waals surface area contributed by atoms with E-state index in [1.54, 1.807) is 30.1 Å². The van der Waals surface area contributed by atoms with Crippen LogP contribution in [-0.2, 0) is 16.0 Å². The lowest BCUT2D eigenvalue weighted by atomic mass is 10.1. The molecule has 130 valence electrons. The Balaban J connectivity index is 1.64. The minimum absolute atomic E-state index is 0.00702. The molecule has 25 heavy (non-hydrogen) atoms. The van der Waals surface area contributed by atoms with Crippen LogP contribution in [0.5, 0.6) is 11.5 Å². The van der Waals surface area contributed by atoms with E-state index in [0.717, 1.165) is 11.3 Å². The first-order valence-corrected chi connectivity index (χ1v) is 8.12. The second-order valence-electron chi connectivity index (χ2n) is 5.73. The van der Waals surface area contributed by atoms with E-state index in [1.807, 2.05) is 31.2 Å². The van der Waals surface area contributed by atoms with Crippen LogP contribution in [0.2, 0.25) is 0 Å². The van der Waals surface area contributed by atoms with Crippen LogP contribution in [0.25, 0.3) is 0 Å². The summed E-state index contributed by atoms with van der Waals surface area (Å²) in [5, 5.41) is 2.85. The van der Waals surface area contributed by atoms with Crippen molar-refractivity contribution in [3.05, 3.63) is 48.0 Å². The van der Waals surface area contributed by atoms with Gasteiger partial charge in [-0.1, -0.05) is 12.1 Å². The molecule has 6 nitrogen and oxygen atoms in total. The number of likely N-dealkylation sites (N-methyl/N-ethyl adjacent to an activating group) is 1. The summed E-state index contributed by atoms with van der Waals surface area (Å²) in [5.41, 5.74) is 2.23. The van der Waals surface area contributed by atoms with Gasteiger partial charge in [0.1, 0.15) is 11.5 Å². The molecule has 3 rings (SSSR count). The summed E-state index contributed by atoms with van der Waals surface area (Å²) >= 11 is 0. The summed E-state index contributed by atoms with van der Waals surface area (Å²) < 4.78 is 10.8. The van der Waals surface area contributed by atoms with Gasteiger partial charge in [-0.25, -0.2) is 0 Å². The van der Waals surface area contributed by atoms with Crippen LogP contribution in [0.1, 0.15) is 12.5 Å². The number of rotatable bonds is 5. The van der Waals surface area contributed by atoms with E-state index in [2.05, 4.69) is 5.32 Å². The van der Waals surface area contributed by atoms with Crippen molar-refractivity contribution in [1.29, 1.82) is 0 Å². The van der Waals surface area contributed by atoms with E-state index in [-0.39, 0.29) is 24.8 Å². The van der Waals surface area contributed by atoms with E-state index >= 15 is 0 Å². The van der Waals surface area contributed by atoms with Crippen molar-refractivity contribution in [1.82, 2.24) is 0 Å². The predicted octanol–water partition coefficient (Wildman–Crippen LogP) is 2.62. The maximum absolute atomic E-state index is 12.2. The Hall–Kier alpha value is -3.02. The third kappa shape index (κ3) is 3.91. The maximum Gasteiger partial charge on any atom is 0.264 e. The molecule has 0 bridgehead atoms. The Morgan fingerprint density at radius 1 is 1.24 bits per heavy atom. The molecule has 1 aliphatic heterocycles. The molecular weight excluding hydrogens is 320 g/mol. The van der Waals surface area contributed by atoms with Crippen LogP contribution in [0.15, 0.2) is 42.5 Å². The Morgan fingerprint density at radius 3 is 2.72 bits per heavy atom. The van der Waals surface area contributed by atoms with Gasteiger partial charge in [0.25, 0.3) is 5.91 Å². The SMILES string of the molecule is CCOc1ccc(CC(=O)Nc2ccc3c(c2)OCC(=O)N3C)cc1. The second-order valence-corrected chi connectivity index (χ2v) is 5.73. The number of hydrogen-bond acceptors (Lipinski definition) is 4. The van der Waals surface area contributed by atoms with Crippen LogP contribution < -0.4 is 19.7 Å². The number of fused-ring (bicyclic) bond motifs is 1. The number of carbonyl (C=O) groups excluding carboxylic acids is 2. The smallest absolute Gasteiger partial charge is 0.264 e. The molecule has 1 aliphatic rings. The molecule has 0 fully saturated rings. The fourth-order valence-corrected chi connectivity index (χ4v) is 2.62. The summed E-state index contributed by atoms with van der Waals surface area (Å²) in [7, 11) is 1.70. The molecule has 1 heterocycles. The maximum atomic E-state index is 12.2. The molecule has 0 aliphatic carbocycles. The van der Waals surface area contributed by atoms with E-state index < -0.39 is 0 Å². The van der Waals surface area contributed by atoms with Crippen molar-refractivity contribution < 1.29 is 19.1 Å². The highest BCUT2D eigenvalue weighted by atomic mass is 16.5. The third-order valence-electron chi connectivity index (χ3n) is 3.93. The van der Waals surface area contributed by atoms with Crippen molar-refractivity contribution in [3.8, 4) is 11.5 Å². The first-order chi connectivity index (χ1) is 12.1. The standard InChI is InChI=1S/C19H20N2O4/c1-3-24-15-7-4-13(5-8-15)10-18(22)20-14-6-9-16-17(11-14)25-12-19(23)21(16)2/h4-9,11H,3,10,12H2,1-2H3,(H,20,22). The molecule has 6 heteroatoms. The predicted molar refractivity (Wildman–Crippen MR) is 95.3 cm³/mol. The number of benzene rings is 2. The summed E-state index contributed by atoms with van der Waals surface area (Å²) in [6.07, 6.45) is 0.267.